The SMILES string of the molecule is CCOC(=O)O[C@@H]1CC2=CC=C3[C@@H]4CC[C@H]([C@H](C)CCCC(C)C)[C@@]4(C)CC[C@@H]3[C@@]2(C)[C@@H](OC(=O)OCC)C1. The normalized spacial score (nSPS) is 36.1. The molecule has 4 aliphatic rings. The van der Waals surface area contributed by atoms with E-state index in [1.165, 1.54) is 44.1 Å². The molecule has 8 atom stereocenters. The van der Waals surface area contributed by atoms with E-state index in [2.05, 4.69) is 46.8 Å². The molecule has 0 bridgehead atoms. The molecular formula is C33H52O6. The highest BCUT2D eigenvalue weighted by Crippen LogP contribution is 2.66. The lowest BCUT2D eigenvalue weighted by Gasteiger charge is -2.57. The van der Waals surface area contributed by atoms with Gasteiger partial charge in [-0.1, -0.05) is 77.2 Å². The highest BCUT2D eigenvalue weighted by molar-refractivity contribution is 5.61. The standard InChI is InChI=1S/C33H52O6/c1-8-36-30(34)38-24-19-23-13-14-25-27-16-15-26(22(5)12-10-11-21(3)4)32(27,6)18-17-28(25)33(23,7)29(20-24)39-31(35)37-9-2/h13-14,21-22,24,26-29H,8-12,15-20H2,1-7H3/t22-,24-,26-,27+,28+,29+,32-,33+/m1/s1. The molecule has 0 heterocycles. The summed E-state index contributed by atoms with van der Waals surface area (Å²) in [6.07, 6.45) is 12.4. The predicted molar refractivity (Wildman–Crippen MR) is 152 cm³/mol. The van der Waals surface area contributed by atoms with Crippen LogP contribution < -0.4 is 0 Å². The first-order chi connectivity index (χ1) is 18.5. The van der Waals surface area contributed by atoms with Crippen LogP contribution in [0.5, 0.6) is 0 Å². The zero-order chi connectivity index (χ0) is 28.4. The predicted octanol–water partition coefficient (Wildman–Crippen LogP) is 8.64. The Bertz CT molecular complexity index is 952. The third-order valence-corrected chi connectivity index (χ3v) is 10.8. The van der Waals surface area contributed by atoms with E-state index < -0.39 is 24.5 Å². The Balaban J connectivity index is 1.59. The van der Waals surface area contributed by atoms with E-state index in [0.717, 1.165) is 24.2 Å². The fourth-order valence-electron chi connectivity index (χ4n) is 8.85. The highest BCUT2D eigenvalue weighted by Gasteiger charge is 2.60. The Morgan fingerprint density at radius 1 is 0.923 bits per heavy atom. The minimum absolute atomic E-state index is 0.263. The van der Waals surface area contributed by atoms with Gasteiger partial charge in [0.25, 0.3) is 0 Å². The van der Waals surface area contributed by atoms with Crippen molar-refractivity contribution in [3.8, 4) is 0 Å². The van der Waals surface area contributed by atoms with Gasteiger partial charge in [0, 0.05) is 18.3 Å². The lowest BCUT2D eigenvalue weighted by atomic mass is 9.49. The number of carbonyl (C=O) groups is 2. The summed E-state index contributed by atoms with van der Waals surface area (Å²) in [6.45, 7) is 16.0. The quantitative estimate of drug-likeness (QED) is 0.271. The number of rotatable bonds is 9. The molecule has 0 aromatic carbocycles. The second-order valence-corrected chi connectivity index (χ2v) is 13.4. The molecule has 0 aromatic heterocycles. The Labute approximate surface area is 236 Å². The summed E-state index contributed by atoms with van der Waals surface area (Å²) >= 11 is 0. The lowest BCUT2D eigenvalue weighted by Crippen LogP contribution is -2.54. The molecule has 3 fully saturated rings. The fraction of sp³-hybridized carbons (Fsp3) is 0.818. The summed E-state index contributed by atoms with van der Waals surface area (Å²) in [4.78, 5) is 24.7. The molecule has 0 unspecified atom stereocenters. The molecule has 3 saturated carbocycles. The molecule has 39 heavy (non-hydrogen) atoms. The molecule has 0 amide bonds. The lowest BCUT2D eigenvalue weighted by molar-refractivity contribution is -0.0862. The van der Waals surface area contributed by atoms with Gasteiger partial charge in [-0.05, 0) is 74.5 Å². The molecule has 4 rings (SSSR count). The average molecular weight is 545 g/mol. The monoisotopic (exact) mass is 544 g/mol. The van der Waals surface area contributed by atoms with Gasteiger partial charge >= 0.3 is 12.3 Å². The van der Waals surface area contributed by atoms with Crippen LogP contribution in [0.15, 0.2) is 23.3 Å². The molecule has 6 nitrogen and oxygen atoms in total. The van der Waals surface area contributed by atoms with Crippen LogP contribution in [0.2, 0.25) is 0 Å². The van der Waals surface area contributed by atoms with Crippen LogP contribution in [-0.4, -0.2) is 37.7 Å². The van der Waals surface area contributed by atoms with Crippen molar-refractivity contribution in [1.82, 2.24) is 0 Å². The molecule has 0 radical (unpaired) electrons. The molecule has 0 N–H and O–H groups in total. The topological polar surface area (TPSA) is 71.1 Å². The maximum atomic E-state index is 12.6. The van der Waals surface area contributed by atoms with Gasteiger partial charge in [-0.15, -0.1) is 0 Å². The second kappa shape index (κ2) is 12.3. The summed E-state index contributed by atoms with van der Waals surface area (Å²) in [5.41, 5.74) is 2.73. The van der Waals surface area contributed by atoms with Gasteiger partial charge in [0.15, 0.2) is 0 Å². The molecule has 6 heteroatoms. The van der Waals surface area contributed by atoms with Gasteiger partial charge in [0.05, 0.1) is 13.2 Å². The first-order valence-corrected chi connectivity index (χ1v) is 15.6. The van der Waals surface area contributed by atoms with Crippen LogP contribution in [0.1, 0.15) is 106 Å². The van der Waals surface area contributed by atoms with Gasteiger partial charge in [-0.3, -0.25) is 0 Å². The van der Waals surface area contributed by atoms with Crippen molar-refractivity contribution in [3.63, 3.8) is 0 Å². The summed E-state index contributed by atoms with van der Waals surface area (Å²) in [7, 11) is 0. The third-order valence-electron chi connectivity index (χ3n) is 10.8. The summed E-state index contributed by atoms with van der Waals surface area (Å²) < 4.78 is 21.9. The molecular weight excluding hydrogens is 492 g/mol. The number of carbonyl (C=O) groups excluding carboxylic acids is 2. The molecule has 0 spiro atoms. The van der Waals surface area contributed by atoms with E-state index >= 15 is 0 Å². The van der Waals surface area contributed by atoms with E-state index in [0.29, 0.717) is 30.1 Å². The number of hydrogen-bond donors (Lipinski definition) is 0. The minimum atomic E-state index is -0.665. The Hall–Kier alpha value is -1.98. The van der Waals surface area contributed by atoms with E-state index in [4.69, 9.17) is 18.9 Å². The number of ether oxygens (including phenoxy) is 4. The highest BCUT2D eigenvalue weighted by atomic mass is 16.7. The van der Waals surface area contributed by atoms with Crippen LogP contribution in [0.4, 0.5) is 9.59 Å². The zero-order valence-electron chi connectivity index (χ0n) is 25.4. The van der Waals surface area contributed by atoms with Crippen LogP contribution in [-0.2, 0) is 18.9 Å². The van der Waals surface area contributed by atoms with Crippen LogP contribution in [0.3, 0.4) is 0 Å². The van der Waals surface area contributed by atoms with Gasteiger partial charge in [0.2, 0.25) is 0 Å². The van der Waals surface area contributed by atoms with Crippen molar-refractivity contribution in [2.45, 2.75) is 118 Å². The van der Waals surface area contributed by atoms with Crippen molar-refractivity contribution < 1.29 is 28.5 Å². The van der Waals surface area contributed by atoms with Crippen molar-refractivity contribution in [2.24, 2.45) is 40.4 Å². The van der Waals surface area contributed by atoms with Crippen LogP contribution in [0, 0.1) is 40.4 Å². The minimum Gasteiger partial charge on any atom is -0.435 e. The first kappa shape index (κ1) is 30.0. The van der Waals surface area contributed by atoms with E-state index in [1.54, 1.807) is 19.4 Å². The van der Waals surface area contributed by atoms with Crippen LogP contribution >= 0.6 is 0 Å². The number of fused-ring (bicyclic) bond motifs is 5. The summed E-state index contributed by atoms with van der Waals surface area (Å²) in [6, 6.07) is 0. The molecule has 4 aliphatic carbocycles. The maximum Gasteiger partial charge on any atom is 0.508 e. The van der Waals surface area contributed by atoms with Crippen molar-refractivity contribution in [3.05, 3.63) is 23.3 Å². The van der Waals surface area contributed by atoms with Gasteiger partial charge in [-0.2, -0.15) is 0 Å². The van der Waals surface area contributed by atoms with Gasteiger partial charge < -0.3 is 18.9 Å². The molecule has 0 saturated heterocycles. The van der Waals surface area contributed by atoms with Crippen molar-refractivity contribution in [2.75, 3.05) is 13.2 Å². The third kappa shape index (κ3) is 5.91. The molecule has 220 valence electrons. The molecule has 0 aromatic rings. The zero-order valence-corrected chi connectivity index (χ0v) is 25.4. The maximum absolute atomic E-state index is 12.6. The Morgan fingerprint density at radius 2 is 1.62 bits per heavy atom. The smallest absolute Gasteiger partial charge is 0.435 e. The van der Waals surface area contributed by atoms with Crippen molar-refractivity contribution in [1.29, 1.82) is 0 Å². The Kier molecular flexibility index (Phi) is 9.43. The van der Waals surface area contributed by atoms with Crippen molar-refractivity contribution >= 4 is 12.3 Å². The van der Waals surface area contributed by atoms with Gasteiger partial charge in [-0.25, -0.2) is 9.59 Å². The second-order valence-electron chi connectivity index (χ2n) is 13.4. The summed E-state index contributed by atoms with van der Waals surface area (Å²) in [5.74, 6) is 3.16. The van der Waals surface area contributed by atoms with Crippen LogP contribution in [0.25, 0.3) is 0 Å². The number of allylic oxidation sites excluding steroid dienone is 3. The van der Waals surface area contributed by atoms with E-state index in [1.807, 2.05) is 0 Å². The van der Waals surface area contributed by atoms with Gasteiger partial charge in [0.1, 0.15) is 12.2 Å². The first-order valence-electron chi connectivity index (χ1n) is 15.6. The van der Waals surface area contributed by atoms with E-state index in [-0.39, 0.29) is 18.6 Å². The molecule has 0 aliphatic heterocycles. The average Bonchev–Trinajstić information content (AvgIpc) is 3.22. The largest absolute Gasteiger partial charge is 0.508 e. The van der Waals surface area contributed by atoms with E-state index in [9.17, 15) is 9.59 Å². The summed E-state index contributed by atoms with van der Waals surface area (Å²) in [5, 5.41) is 0. The Morgan fingerprint density at radius 3 is 2.28 bits per heavy atom. The number of hydrogen-bond acceptors (Lipinski definition) is 6. The fourth-order valence-corrected chi connectivity index (χ4v) is 8.85.